The van der Waals surface area contributed by atoms with Crippen molar-refractivity contribution in [3.05, 3.63) is 47.8 Å². The number of aryl methyl sites for hydroxylation is 1. The lowest BCUT2D eigenvalue weighted by atomic mass is 10.1. The molecule has 0 amide bonds. The van der Waals surface area contributed by atoms with Crippen LogP contribution in [0.5, 0.6) is 5.75 Å². The van der Waals surface area contributed by atoms with E-state index in [4.69, 9.17) is 4.74 Å². The van der Waals surface area contributed by atoms with Crippen molar-refractivity contribution in [3.8, 4) is 5.75 Å². The van der Waals surface area contributed by atoms with E-state index in [2.05, 4.69) is 21.4 Å². The van der Waals surface area contributed by atoms with E-state index < -0.39 is 0 Å². The number of anilines is 1. The van der Waals surface area contributed by atoms with Crippen LogP contribution >= 0.6 is 0 Å². The highest BCUT2D eigenvalue weighted by molar-refractivity contribution is 5.30. The fraction of sp³-hybridized carbons (Fsp3) is 0.286. The predicted octanol–water partition coefficient (Wildman–Crippen LogP) is 2.45. The number of hydrogen-bond donors (Lipinski definition) is 1. The molecule has 0 fully saturated rings. The quantitative estimate of drug-likeness (QED) is 0.876. The van der Waals surface area contributed by atoms with Gasteiger partial charge in [-0.05, 0) is 36.6 Å². The van der Waals surface area contributed by atoms with Crippen LogP contribution < -0.4 is 10.1 Å². The average molecular weight is 243 g/mol. The first-order chi connectivity index (χ1) is 8.78. The second-order valence-electron chi connectivity index (χ2n) is 4.11. The molecule has 0 unspecified atom stereocenters. The molecule has 0 saturated heterocycles. The summed E-state index contributed by atoms with van der Waals surface area (Å²) >= 11 is 0. The summed E-state index contributed by atoms with van der Waals surface area (Å²) in [4.78, 5) is 8.39. The normalized spacial score (nSPS) is 10.1. The van der Waals surface area contributed by atoms with Gasteiger partial charge in [0.1, 0.15) is 5.75 Å². The highest BCUT2D eigenvalue weighted by atomic mass is 16.5. The minimum atomic E-state index is 0.670. The van der Waals surface area contributed by atoms with Gasteiger partial charge in [-0.3, -0.25) is 0 Å². The Labute approximate surface area is 107 Å². The van der Waals surface area contributed by atoms with Crippen molar-refractivity contribution in [2.24, 2.45) is 0 Å². The molecule has 4 nitrogen and oxygen atoms in total. The molecule has 4 heteroatoms. The van der Waals surface area contributed by atoms with Crippen LogP contribution in [0.1, 0.15) is 11.1 Å². The van der Waals surface area contributed by atoms with Crippen LogP contribution in [0.4, 0.5) is 5.95 Å². The zero-order valence-corrected chi connectivity index (χ0v) is 10.7. The number of ether oxygens (including phenoxy) is 1. The number of aromatic nitrogens is 2. The van der Waals surface area contributed by atoms with Gasteiger partial charge in [0.05, 0.1) is 7.11 Å². The van der Waals surface area contributed by atoms with Crippen LogP contribution in [0.3, 0.4) is 0 Å². The van der Waals surface area contributed by atoms with Crippen LogP contribution in [0.15, 0.2) is 36.7 Å². The van der Waals surface area contributed by atoms with Gasteiger partial charge in [-0.2, -0.15) is 0 Å². The molecular formula is C14H17N3O. The lowest BCUT2D eigenvalue weighted by Crippen LogP contribution is -2.07. The standard InChI is InChI=1S/C14H17N3O/c1-11-9-16-14(17-10-11)15-7-6-12-4-3-5-13(8-12)18-2/h3-5,8-10H,6-7H2,1-2H3,(H,15,16,17). The molecule has 1 aromatic carbocycles. The zero-order chi connectivity index (χ0) is 12.8. The van der Waals surface area contributed by atoms with Crippen molar-refractivity contribution >= 4 is 5.95 Å². The molecule has 2 rings (SSSR count). The van der Waals surface area contributed by atoms with Crippen LogP contribution in [0.25, 0.3) is 0 Å². The Bertz CT molecular complexity index is 497. The van der Waals surface area contributed by atoms with Crippen molar-refractivity contribution in [2.45, 2.75) is 13.3 Å². The van der Waals surface area contributed by atoms with E-state index in [-0.39, 0.29) is 0 Å². The van der Waals surface area contributed by atoms with Crippen molar-refractivity contribution < 1.29 is 4.74 Å². The Morgan fingerprint density at radius 1 is 1.22 bits per heavy atom. The maximum atomic E-state index is 5.19. The van der Waals surface area contributed by atoms with E-state index in [9.17, 15) is 0 Å². The van der Waals surface area contributed by atoms with Gasteiger partial charge in [-0.15, -0.1) is 0 Å². The molecule has 1 N–H and O–H groups in total. The van der Waals surface area contributed by atoms with Crippen molar-refractivity contribution in [1.29, 1.82) is 0 Å². The van der Waals surface area contributed by atoms with Crippen LogP contribution in [-0.2, 0) is 6.42 Å². The summed E-state index contributed by atoms with van der Waals surface area (Å²) in [5.74, 6) is 1.56. The summed E-state index contributed by atoms with van der Waals surface area (Å²) in [5, 5.41) is 3.19. The monoisotopic (exact) mass is 243 g/mol. The second kappa shape index (κ2) is 6.00. The fourth-order valence-electron chi connectivity index (χ4n) is 1.63. The van der Waals surface area contributed by atoms with E-state index in [1.807, 2.05) is 25.1 Å². The van der Waals surface area contributed by atoms with Crippen LogP contribution in [0, 0.1) is 6.92 Å². The number of rotatable bonds is 5. The minimum absolute atomic E-state index is 0.670. The molecule has 0 aliphatic rings. The molecule has 1 heterocycles. The van der Waals surface area contributed by atoms with E-state index in [1.165, 1.54) is 5.56 Å². The second-order valence-corrected chi connectivity index (χ2v) is 4.11. The summed E-state index contributed by atoms with van der Waals surface area (Å²) in [7, 11) is 1.68. The van der Waals surface area contributed by atoms with Crippen molar-refractivity contribution in [2.75, 3.05) is 19.0 Å². The number of nitrogens with one attached hydrogen (secondary N) is 1. The Morgan fingerprint density at radius 2 is 2.00 bits per heavy atom. The predicted molar refractivity (Wildman–Crippen MR) is 72.0 cm³/mol. The molecule has 1 aromatic heterocycles. The van der Waals surface area contributed by atoms with E-state index in [1.54, 1.807) is 19.5 Å². The van der Waals surface area contributed by atoms with Gasteiger partial charge in [-0.25, -0.2) is 9.97 Å². The van der Waals surface area contributed by atoms with E-state index in [0.29, 0.717) is 5.95 Å². The first kappa shape index (κ1) is 12.4. The maximum Gasteiger partial charge on any atom is 0.222 e. The fourth-order valence-corrected chi connectivity index (χ4v) is 1.63. The van der Waals surface area contributed by atoms with Crippen molar-refractivity contribution in [1.82, 2.24) is 9.97 Å². The van der Waals surface area contributed by atoms with E-state index >= 15 is 0 Å². The van der Waals surface area contributed by atoms with Crippen LogP contribution in [0.2, 0.25) is 0 Å². The molecule has 0 atom stereocenters. The summed E-state index contributed by atoms with van der Waals surface area (Å²) in [5.41, 5.74) is 2.29. The minimum Gasteiger partial charge on any atom is -0.497 e. The molecule has 0 aliphatic heterocycles. The molecule has 0 aliphatic carbocycles. The molecule has 2 aromatic rings. The van der Waals surface area contributed by atoms with Crippen molar-refractivity contribution in [3.63, 3.8) is 0 Å². The Balaban J connectivity index is 1.86. The number of benzene rings is 1. The highest BCUT2D eigenvalue weighted by Gasteiger charge is 1.97. The Hall–Kier alpha value is -2.10. The van der Waals surface area contributed by atoms with Gasteiger partial charge in [0.2, 0.25) is 5.95 Å². The first-order valence-electron chi connectivity index (χ1n) is 5.93. The number of nitrogens with zero attached hydrogens (tertiary/aromatic N) is 2. The third kappa shape index (κ3) is 3.45. The third-order valence-corrected chi connectivity index (χ3v) is 2.61. The summed E-state index contributed by atoms with van der Waals surface area (Å²) in [6.07, 6.45) is 4.52. The van der Waals surface area contributed by atoms with Gasteiger partial charge in [0.15, 0.2) is 0 Å². The lowest BCUT2D eigenvalue weighted by molar-refractivity contribution is 0.414. The topological polar surface area (TPSA) is 47.0 Å². The largest absolute Gasteiger partial charge is 0.497 e. The summed E-state index contributed by atoms with van der Waals surface area (Å²) in [6.45, 7) is 2.77. The number of hydrogen-bond acceptors (Lipinski definition) is 4. The van der Waals surface area contributed by atoms with Gasteiger partial charge in [-0.1, -0.05) is 12.1 Å². The summed E-state index contributed by atoms with van der Waals surface area (Å²) in [6, 6.07) is 8.06. The highest BCUT2D eigenvalue weighted by Crippen LogP contribution is 2.12. The molecule has 0 saturated carbocycles. The molecule has 0 radical (unpaired) electrons. The maximum absolute atomic E-state index is 5.19. The average Bonchev–Trinajstić information content (AvgIpc) is 2.41. The first-order valence-corrected chi connectivity index (χ1v) is 5.93. The van der Waals surface area contributed by atoms with E-state index in [0.717, 1.165) is 24.3 Å². The van der Waals surface area contributed by atoms with Gasteiger partial charge in [0, 0.05) is 18.9 Å². The smallest absolute Gasteiger partial charge is 0.222 e. The molecule has 0 bridgehead atoms. The summed E-state index contributed by atoms with van der Waals surface area (Å²) < 4.78 is 5.19. The third-order valence-electron chi connectivity index (χ3n) is 2.61. The lowest BCUT2D eigenvalue weighted by Gasteiger charge is -2.06. The van der Waals surface area contributed by atoms with Gasteiger partial charge < -0.3 is 10.1 Å². The molecule has 18 heavy (non-hydrogen) atoms. The van der Waals surface area contributed by atoms with Gasteiger partial charge in [0.25, 0.3) is 0 Å². The Morgan fingerprint density at radius 3 is 2.72 bits per heavy atom. The number of methoxy groups -OCH3 is 1. The van der Waals surface area contributed by atoms with Crippen LogP contribution in [-0.4, -0.2) is 23.6 Å². The SMILES string of the molecule is COc1cccc(CCNc2ncc(C)cn2)c1. The zero-order valence-electron chi connectivity index (χ0n) is 10.7. The Kier molecular flexibility index (Phi) is 4.12. The van der Waals surface area contributed by atoms with Gasteiger partial charge >= 0.3 is 0 Å². The molecular weight excluding hydrogens is 226 g/mol. The molecule has 0 spiro atoms. The molecule has 94 valence electrons.